The Morgan fingerprint density at radius 1 is 1.54 bits per heavy atom. The number of nitrogens with two attached hydrogens (primary N) is 1. The lowest BCUT2D eigenvalue weighted by Crippen LogP contribution is -2.28. The SMILES string of the molecule is COC1=CCC2=C(CCCC2N)C1. The topological polar surface area (TPSA) is 35.2 Å². The van der Waals surface area contributed by atoms with Gasteiger partial charge in [-0.05, 0) is 37.3 Å². The lowest BCUT2D eigenvalue weighted by Gasteiger charge is -2.28. The van der Waals surface area contributed by atoms with Gasteiger partial charge in [0.2, 0.25) is 0 Å². The van der Waals surface area contributed by atoms with E-state index in [1.165, 1.54) is 24.0 Å². The highest BCUT2D eigenvalue weighted by Crippen LogP contribution is 2.34. The zero-order valence-corrected chi connectivity index (χ0v) is 8.18. The van der Waals surface area contributed by atoms with E-state index in [1.807, 2.05) is 0 Å². The predicted molar refractivity (Wildman–Crippen MR) is 53.2 cm³/mol. The fourth-order valence-corrected chi connectivity index (χ4v) is 2.29. The summed E-state index contributed by atoms with van der Waals surface area (Å²) in [4.78, 5) is 0. The first kappa shape index (κ1) is 8.82. The molecular weight excluding hydrogens is 162 g/mol. The van der Waals surface area contributed by atoms with Gasteiger partial charge in [0.05, 0.1) is 12.9 Å². The number of hydrogen-bond acceptors (Lipinski definition) is 2. The van der Waals surface area contributed by atoms with Gasteiger partial charge in [0.1, 0.15) is 0 Å². The highest BCUT2D eigenvalue weighted by Gasteiger charge is 2.22. The van der Waals surface area contributed by atoms with E-state index in [0.29, 0.717) is 6.04 Å². The van der Waals surface area contributed by atoms with Crippen LogP contribution in [0.1, 0.15) is 32.1 Å². The van der Waals surface area contributed by atoms with Gasteiger partial charge >= 0.3 is 0 Å². The van der Waals surface area contributed by atoms with Crippen molar-refractivity contribution in [3.63, 3.8) is 0 Å². The van der Waals surface area contributed by atoms with Crippen LogP contribution in [0, 0.1) is 0 Å². The first-order chi connectivity index (χ1) is 6.31. The molecule has 0 bridgehead atoms. The van der Waals surface area contributed by atoms with E-state index in [1.54, 1.807) is 7.11 Å². The second kappa shape index (κ2) is 3.54. The number of allylic oxidation sites excluding steroid dienone is 2. The summed E-state index contributed by atoms with van der Waals surface area (Å²) >= 11 is 0. The molecular formula is C11H17NO. The number of hydrogen-bond donors (Lipinski definition) is 1. The molecule has 13 heavy (non-hydrogen) atoms. The molecule has 0 aromatic carbocycles. The van der Waals surface area contributed by atoms with Gasteiger partial charge in [-0.2, -0.15) is 0 Å². The maximum Gasteiger partial charge on any atom is 0.0959 e. The van der Waals surface area contributed by atoms with Gasteiger partial charge in [0.15, 0.2) is 0 Å². The maximum absolute atomic E-state index is 6.05. The summed E-state index contributed by atoms with van der Waals surface area (Å²) in [7, 11) is 1.75. The van der Waals surface area contributed by atoms with Crippen LogP contribution in [-0.2, 0) is 4.74 Å². The van der Waals surface area contributed by atoms with E-state index in [9.17, 15) is 0 Å². The van der Waals surface area contributed by atoms with Crippen molar-refractivity contribution in [3.8, 4) is 0 Å². The van der Waals surface area contributed by atoms with Crippen LogP contribution >= 0.6 is 0 Å². The van der Waals surface area contributed by atoms with Crippen LogP contribution in [0.25, 0.3) is 0 Å². The molecule has 0 fully saturated rings. The van der Waals surface area contributed by atoms with Gasteiger partial charge in [-0.1, -0.05) is 5.57 Å². The molecule has 0 heterocycles. The lowest BCUT2D eigenvalue weighted by molar-refractivity contribution is 0.277. The van der Waals surface area contributed by atoms with Crippen LogP contribution in [0.4, 0.5) is 0 Å². The summed E-state index contributed by atoms with van der Waals surface area (Å²) in [6.45, 7) is 0. The van der Waals surface area contributed by atoms with Gasteiger partial charge in [0.25, 0.3) is 0 Å². The fraction of sp³-hybridized carbons (Fsp3) is 0.636. The molecule has 0 amide bonds. The summed E-state index contributed by atoms with van der Waals surface area (Å²) in [5.74, 6) is 1.12. The molecule has 0 aromatic heterocycles. The summed E-state index contributed by atoms with van der Waals surface area (Å²) in [6, 6.07) is 0.318. The van der Waals surface area contributed by atoms with E-state index in [0.717, 1.165) is 25.0 Å². The molecule has 0 saturated carbocycles. The Labute approximate surface area is 79.5 Å². The molecule has 0 saturated heterocycles. The molecule has 2 aliphatic carbocycles. The van der Waals surface area contributed by atoms with Crippen LogP contribution in [0.2, 0.25) is 0 Å². The quantitative estimate of drug-likeness (QED) is 0.626. The summed E-state index contributed by atoms with van der Waals surface area (Å²) in [5, 5.41) is 0. The molecule has 1 unspecified atom stereocenters. The van der Waals surface area contributed by atoms with E-state index in [4.69, 9.17) is 10.5 Å². The minimum Gasteiger partial charge on any atom is -0.501 e. The monoisotopic (exact) mass is 179 g/mol. The second-order valence-electron chi connectivity index (χ2n) is 3.88. The van der Waals surface area contributed by atoms with Gasteiger partial charge < -0.3 is 10.5 Å². The Kier molecular flexibility index (Phi) is 2.40. The zero-order valence-electron chi connectivity index (χ0n) is 8.18. The van der Waals surface area contributed by atoms with Crippen molar-refractivity contribution in [3.05, 3.63) is 23.0 Å². The van der Waals surface area contributed by atoms with Crippen molar-refractivity contribution in [1.82, 2.24) is 0 Å². The fourth-order valence-electron chi connectivity index (χ4n) is 2.29. The third-order valence-corrected chi connectivity index (χ3v) is 3.09. The van der Waals surface area contributed by atoms with Crippen LogP contribution in [-0.4, -0.2) is 13.2 Å². The molecule has 1 atom stereocenters. The first-order valence-electron chi connectivity index (χ1n) is 5.00. The normalized spacial score (nSPS) is 28.2. The summed E-state index contributed by atoms with van der Waals surface area (Å²) in [5.41, 5.74) is 9.07. The van der Waals surface area contributed by atoms with Gasteiger partial charge in [-0.25, -0.2) is 0 Å². The standard InChI is InChI=1S/C11H17NO/c1-13-9-5-6-10-8(7-9)3-2-4-11(10)12/h5,11H,2-4,6-7,12H2,1H3. The smallest absolute Gasteiger partial charge is 0.0959 e. The molecule has 2 nitrogen and oxygen atoms in total. The Balaban J connectivity index is 2.15. The Hall–Kier alpha value is -0.760. The molecule has 2 rings (SSSR count). The first-order valence-corrected chi connectivity index (χ1v) is 5.00. The highest BCUT2D eigenvalue weighted by molar-refractivity contribution is 5.31. The van der Waals surface area contributed by atoms with Crippen LogP contribution in [0.15, 0.2) is 23.0 Å². The molecule has 2 heteroatoms. The van der Waals surface area contributed by atoms with Crippen LogP contribution in [0.3, 0.4) is 0 Å². The van der Waals surface area contributed by atoms with Crippen LogP contribution in [0.5, 0.6) is 0 Å². The number of ether oxygens (including phenoxy) is 1. The van der Waals surface area contributed by atoms with Crippen molar-refractivity contribution < 1.29 is 4.74 Å². The summed E-state index contributed by atoms with van der Waals surface area (Å²) in [6.07, 6.45) is 7.82. The van der Waals surface area contributed by atoms with E-state index < -0.39 is 0 Å². The largest absolute Gasteiger partial charge is 0.501 e. The Morgan fingerprint density at radius 3 is 3.15 bits per heavy atom. The van der Waals surface area contributed by atoms with Crippen LogP contribution < -0.4 is 5.73 Å². The second-order valence-corrected chi connectivity index (χ2v) is 3.88. The predicted octanol–water partition coefficient (Wildman–Crippen LogP) is 2.12. The molecule has 2 N–H and O–H groups in total. The molecule has 72 valence electrons. The molecule has 0 aromatic rings. The highest BCUT2D eigenvalue weighted by atomic mass is 16.5. The van der Waals surface area contributed by atoms with Gasteiger partial charge in [0, 0.05) is 12.5 Å². The van der Waals surface area contributed by atoms with Crippen molar-refractivity contribution >= 4 is 0 Å². The minimum atomic E-state index is 0.318. The average Bonchev–Trinajstić information content (AvgIpc) is 2.18. The molecule has 0 aliphatic heterocycles. The van der Waals surface area contributed by atoms with E-state index in [-0.39, 0.29) is 0 Å². The lowest BCUT2D eigenvalue weighted by atomic mass is 9.82. The Bertz CT molecular complexity index is 265. The Morgan fingerprint density at radius 2 is 2.38 bits per heavy atom. The van der Waals surface area contributed by atoms with Crippen molar-refractivity contribution in [2.45, 2.75) is 38.1 Å². The molecule has 0 spiro atoms. The van der Waals surface area contributed by atoms with Gasteiger partial charge in [-0.15, -0.1) is 0 Å². The van der Waals surface area contributed by atoms with E-state index >= 15 is 0 Å². The zero-order chi connectivity index (χ0) is 9.26. The van der Waals surface area contributed by atoms with Crippen molar-refractivity contribution in [2.75, 3.05) is 7.11 Å². The maximum atomic E-state index is 6.05. The number of methoxy groups -OCH3 is 1. The van der Waals surface area contributed by atoms with Crippen molar-refractivity contribution in [2.24, 2.45) is 5.73 Å². The average molecular weight is 179 g/mol. The minimum absolute atomic E-state index is 0.318. The molecule has 0 radical (unpaired) electrons. The van der Waals surface area contributed by atoms with Crippen molar-refractivity contribution in [1.29, 1.82) is 0 Å². The van der Waals surface area contributed by atoms with Gasteiger partial charge in [-0.3, -0.25) is 0 Å². The molecule has 2 aliphatic rings. The summed E-state index contributed by atoms with van der Waals surface area (Å²) < 4.78 is 5.26. The van der Waals surface area contributed by atoms with E-state index in [2.05, 4.69) is 6.08 Å². The third-order valence-electron chi connectivity index (χ3n) is 3.09. The number of rotatable bonds is 1. The third kappa shape index (κ3) is 1.63.